The van der Waals surface area contributed by atoms with Gasteiger partial charge in [-0.3, -0.25) is 0 Å². The molecule has 0 aromatic rings. The minimum Gasteiger partial charge on any atom is -0.335 e. The zero-order chi connectivity index (χ0) is 13.2. The summed E-state index contributed by atoms with van der Waals surface area (Å²) < 4.78 is 0. The van der Waals surface area contributed by atoms with E-state index in [1.165, 1.54) is 19.3 Å². The van der Waals surface area contributed by atoms with Crippen molar-refractivity contribution >= 4 is 6.03 Å². The van der Waals surface area contributed by atoms with Crippen molar-refractivity contribution in [3.05, 3.63) is 0 Å². The normalized spacial score (nSPS) is 15.4. The lowest BCUT2D eigenvalue weighted by Gasteiger charge is -2.27. The summed E-state index contributed by atoms with van der Waals surface area (Å²) >= 11 is 0. The van der Waals surface area contributed by atoms with Crippen molar-refractivity contribution in [2.75, 3.05) is 13.1 Å². The standard InChI is InChI=1S/C13H20N4O/c14-8-4-10-17(11-5-9-15)13(18)16-12-6-2-1-3-7-12/h12H,1-7,10-11H2,(H,16,18). The van der Waals surface area contributed by atoms with Gasteiger partial charge in [0, 0.05) is 19.1 Å². The Bertz CT molecular complexity index is 318. The number of urea groups is 1. The Labute approximate surface area is 108 Å². The first-order valence-corrected chi connectivity index (χ1v) is 6.57. The van der Waals surface area contributed by atoms with Gasteiger partial charge in [0.1, 0.15) is 0 Å². The van der Waals surface area contributed by atoms with Gasteiger partial charge in [0.2, 0.25) is 0 Å². The van der Waals surface area contributed by atoms with Crippen molar-refractivity contribution in [3.8, 4) is 12.1 Å². The molecule has 0 saturated heterocycles. The number of nitriles is 2. The van der Waals surface area contributed by atoms with E-state index in [-0.39, 0.29) is 12.1 Å². The molecule has 1 N–H and O–H groups in total. The summed E-state index contributed by atoms with van der Waals surface area (Å²) in [7, 11) is 0. The highest BCUT2D eigenvalue weighted by atomic mass is 16.2. The van der Waals surface area contributed by atoms with Gasteiger partial charge in [0.05, 0.1) is 25.0 Å². The zero-order valence-corrected chi connectivity index (χ0v) is 10.7. The fourth-order valence-corrected chi connectivity index (χ4v) is 2.20. The van der Waals surface area contributed by atoms with E-state index in [1.54, 1.807) is 4.90 Å². The van der Waals surface area contributed by atoms with Crippen LogP contribution in [0.5, 0.6) is 0 Å². The lowest BCUT2D eigenvalue weighted by atomic mass is 9.96. The van der Waals surface area contributed by atoms with E-state index in [0.29, 0.717) is 25.9 Å². The maximum atomic E-state index is 12.0. The van der Waals surface area contributed by atoms with Crippen LogP contribution in [0.1, 0.15) is 44.9 Å². The van der Waals surface area contributed by atoms with Crippen molar-refractivity contribution in [2.24, 2.45) is 0 Å². The molecule has 0 radical (unpaired) electrons. The highest BCUT2D eigenvalue weighted by molar-refractivity contribution is 5.74. The molecule has 1 fully saturated rings. The molecule has 0 unspecified atom stereocenters. The third-order valence-corrected chi connectivity index (χ3v) is 3.21. The van der Waals surface area contributed by atoms with Crippen LogP contribution in [0, 0.1) is 22.7 Å². The van der Waals surface area contributed by atoms with Crippen molar-refractivity contribution in [2.45, 2.75) is 51.0 Å². The molecule has 0 heterocycles. The molecule has 0 aromatic carbocycles. The number of hydrogen-bond acceptors (Lipinski definition) is 3. The second-order valence-corrected chi connectivity index (χ2v) is 4.59. The molecule has 1 aliphatic carbocycles. The minimum absolute atomic E-state index is 0.132. The monoisotopic (exact) mass is 248 g/mol. The molecular formula is C13H20N4O. The van der Waals surface area contributed by atoms with Crippen LogP contribution in [0.4, 0.5) is 4.79 Å². The van der Waals surface area contributed by atoms with Crippen molar-refractivity contribution in [1.29, 1.82) is 10.5 Å². The van der Waals surface area contributed by atoms with Crippen molar-refractivity contribution < 1.29 is 4.79 Å². The molecule has 98 valence electrons. The molecule has 5 heteroatoms. The van der Waals surface area contributed by atoms with Gasteiger partial charge >= 0.3 is 6.03 Å². The number of rotatable bonds is 5. The van der Waals surface area contributed by atoms with E-state index in [0.717, 1.165) is 12.8 Å². The van der Waals surface area contributed by atoms with Crippen LogP contribution >= 0.6 is 0 Å². The molecule has 0 atom stereocenters. The molecule has 2 amide bonds. The predicted octanol–water partition coefficient (Wildman–Crippen LogP) is 2.16. The van der Waals surface area contributed by atoms with Crippen molar-refractivity contribution in [1.82, 2.24) is 10.2 Å². The molecule has 0 aromatic heterocycles. The number of amides is 2. The van der Waals surface area contributed by atoms with Crippen LogP contribution in [-0.4, -0.2) is 30.1 Å². The quantitative estimate of drug-likeness (QED) is 0.809. The zero-order valence-electron chi connectivity index (χ0n) is 10.7. The number of carbonyl (C=O) groups excluding carboxylic acids is 1. The molecule has 0 aliphatic heterocycles. The number of hydrogen-bond donors (Lipinski definition) is 1. The SMILES string of the molecule is N#CCCN(CCC#N)C(=O)NC1CCCCC1. The second kappa shape index (κ2) is 8.36. The summed E-state index contributed by atoms with van der Waals surface area (Å²) in [5, 5.41) is 20.1. The van der Waals surface area contributed by atoms with Gasteiger partial charge in [-0.2, -0.15) is 10.5 Å². The Morgan fingerprint density at radius 2 is 1.67 bits per heavy atom. The Balaban J connectivity index is 2.41. The van der Waals surface area contributed by atoms with E-state index in [9.17, 15) is 4.79 Å². The van der Waals surface area contributed by atoms with E-state index in [2.05, 4.69) is 5.32 Å². The van der Waals surface area contributed by atoms with Gasteiger partial charge in [-0.05, 0) is 12.8 Å². The molecule has 5 nitrogen and oxygen atoms in total. The smallest absolute Gasteiger partial charge is 0.317 e. The Morgan fingerprint density at radius 1 is 1.11 bits per heavy atom. The minimum atomic E-state index is -0.132. The van der Waals surface area contributed by atoms with E-state index < -0.39 is 0 Å². The number of nitrogens with zero attached hydrogens (tertiary/aromatic N) is 3. The topological polar surface area (TPSA) is 79.9 Å². The molecule has 18 heavy (non-hydrogen) atoms. The van der Waals surface area contributed by atoms with Gasteiger partial charge in [0.15, 0.2) is 0 Å². The predicted molar refractivity (Wildman–Crippen MR) is 67.4 cm³/mol. The van der Waals surface area contributed by atoms with Gasteiger partial charge in [-0.25, -0.2) is 4.79 Å². The fourth-order valence-electron chi connectivity index (χ4n) is 2.20. The fraction of sp³-hybridized carbons (Fsp3) is 0.769. The van der Waals surface area contributed by atoms with Gasteiger partial charge < -0.3 is 10.2 Å². The lowest BCUT2D eigenvalue weighted by molar-refractivity contribution is 0.192. The maximum Gasteiger partial charge on any atom is 0.317 e. The first-order chi connectivity index (χ1) is 8.77. The molecule has 0 spiro atoms. The Hall–Kier alpha value is -1.75. The lowest BCUT2D eigenvalue weighted by Crippen LogP contribution is -2.46. The summed E-state index contributed by atoms with van der Waals surface area (Å²) in [5.74, 6) is 0. The van der Waals surface area contributed by atoms with Gasteiger partial charge in [0.25, 0.3) is 0 Å². The summed E-state index contributed by atoms with van der Waals surface area (Å²) in [6.07, 6.45) is 6.28. The summed E-state index contributed by atoms with van der Waals surface area (Å²) in [4.78, 5) is 13.6. The van der Waals surface area contributed by atoms with Gasteiger partial charge in [-0.1, -0.05) is 19.3 Å². The Kier molecular flexibility index (Phi) is 6.64. The van der Waals surface area contributed by atoms with E-state index in [1.807, 2.05) is 12.1 Å². The van der Waals surface area contributed by atoms with Crippen LogP contribution in [0.2, 0.25) is 0 Å². The van der Waals surface area contributed by atoms with E-state index in [4.69, 9.17) is 10.5 Å². The maximum absolute atomic E-state index is 12.0. The highest BCUT2D eigenvalue weighted by Crippen LogP contribution is 2.17. The third kappa shape index (κ3) is 5.05. The Morgan fingerprint density at radius 3 is 2.17 bits per heavy atom. The average molecular weight is 248 g/mol. The summed E-state index contributed by atoms with van der Waals surface area (Å²) in [5.41, 5.74) is 0. The van der Waals surface area contributed by atoms with Gasteiger partial charge in [-0.15, -0.1) is 0 Å². The van der Waals surface area contributed by atoms with E-state index >= 15 is 0 Å². The molecule has 1 rings (SSSR count). The number of nitrogens with one attached hydrogen (secondary N) is 1. The van der Waals surface area contributed by atoms with Crippen molar-refractivity contribution in [3.63, 3.8) is 0 Å². The molecular weight excluding hydrogens is 228 g/mol. The summed E-state index contributed by atoms with van der Waals surface area (Å²) in [6, 6.07) is 4.19. The van der Waals surface area contributed by atoms with Crippen LogP contribution in [0.3, 0.4) is 0 Å². The number of carbonyl (C=O) groups is 1. The second-order valence-electron chi connectivity index (χ2n) is 4.59. The molecule has 0 bridgehead atoms. The molecule has 1 saturated carbocycles. The van der Waals surface area contributed by atoms with Crippen LogP contribution in [-0.2, 0) is 0 Å². The van der Waals surface area contributed by atoms with Crippen LogP contribution in [0.15, 0.2) is 0 Å². The summed E-state index contributed by atoms with van der Waals surface area (Å²) in [6.45, 7) is 0.799. The molecule has 1 aliphatic rings. The first-order valence-electron chi connectivity index (χ1n) is 6.57. The third-order valence-electron chi connectivity index (χ3n) is 3.21. The largest absolute Gasteiger partial charge is 0.335 e. The first kappa shape index (κ1) is 14.3. The highest BCUT2D eigenvalue weighted by Gasteiger charge is 2.19. The van der Waals surface area contributed by atoms with Crippen LogP contribution < -0.4 is 5.32 Å². The van der Waals surface area contributed by atoms with Crippen LogP contribution in [0.25, 0.3) is 0 Å². The average Bonchev–Trinajstić information content (AvgIpc) is 2.40.